The summed E-state index contributed by atoms with van der Waals surface area (Å²) >= 11 is 0. The van der Waals surface area contributed by atoms with Crippen LogP contribution >= 0.6 is 0 Å². The van der Waals surface area contributed by atoms with Crippen LogP contribution in [0.15, 0.2) is 60.0 Å². The average molecular weight is 344 g/mol. The van der Waals surface area contributed by atoms with E-state index in [2.05, 4.69) is 16.6 Å². The Morgan fingerprint density at radius 1 is 1.12 bits per heavy atom. The topological polar surface area (TPSA) is 75.3 Å². The third-order valence-corrected chi connectivity index (χ3v) is 4.96. The van der Waals surface area contributed by atoms with E-state index in [1.165, 1.54) is 0 Å². The number of benzene rings is 2. The van der Waals surface area contributed by atoms with Crippen molar-refractivity contribution in [3.8, 4) is 0 Å². The number of rotatable bonds is 6. The Kier molecular flexibility index (Phi) is 5.41. The van der Waals surface area contributed by atoms with Crippen LogP contribution in [0.2, 0.25) is 0 Å². The van der Waals surface area contributed by atoms with E-state index in [1.54, 1.807) is 49.4 Å². The van der Waals surface area contributed by atoms with Crippen molar-refractivity contribution in [1.29, 1.82) is 0 Å². The van der Waals surface area contributed by atoms with Crippen molar-refractivity contribution < 1.29 is 13.2 Å². The molecule has 0 heterocycles. The van der Waals surface area contributed by atoms with Crippen LogP contribution in [0, 0.1) is 13.8 Å². The molecule has 126 valence electrons. The number of sulfonamides is 1. The summed E-state index contributed by atoms with van der Waals surface area (Å²) in [5, 5.41) is 2.66. The fraction of sp³-hybridized carbons (Fsp3) is 0.167. The number of carbonyl (C=O) groups is 1. The first-order chi connectivity index (χ1) is 11.3. The second-order valence-corrected chi connectivity index (χ2v) is 7.10. The molecule has 0 radical (unpaired) electrons. The van der Waals surface area contributed by atoms with Crippen molar-refractivity contribution in [2.24, 2.45) is 0 Å². The Morgan fingerprint density at radius 3 is 2.42 bits per heavy atom. The van der Waals surface area contributed by atoms with E-state index in [4.69, 9.17) is 0 Å². The smallest absolute Gasteiger partial charge is 0.262 e. The zero-order chi connectivity index (χ0) is 17.7. The Bertz CT molecular complexity index is 856. The van der Waals surface area contributed by atoms with E-state index < -0.39 is 10.0 Å². The highest BCUT2D eigenvalue weighted by atomic mass is 32.2. The molecule has 0 atom stereocenters. The molecule has 0 aliphatic rings. The van der Waals surface area contributed by atoms with Crippen molar-refractivity contribution >= 4 is 21.6 Å². The Hall–Kier alpha value is -2.60. The van der Waals surface area contributed by atoms with Gasteiger partial charge in [0.1, 0.15) is 0 Å². The molecular weight excluding hydrogens is 324 g/mol. The standard InChI is InChI=1S/C18H20N2O3S/c1-4-11-19-18(21)15-7-9-16(10-8-15)20-24(22,23)17-12-13(2)5-6-14(17)3/h4-10,12,20H,1,11H2,2-3H3,(H,19,21). The molecule has 0 fully saturated rings. The lowest BCUT2D eigenvalue weighted by Crippen LogP contribution is -2.23. The molecule has 2 rings (SSSR count). The van der Waals surface area contributed by atoms with Gasteiger partial charge in [-0.1, -0.05) is 18.2 Å². The Balaban J connectivity index is 2.20. The molecule has 1 amide bonds. The molecule has 5 nitrogen and oxygen atoms in total. The maximum absolute atomic E-state index is 12.5. The zero-order valence-corrected chi connectivity index (χ0v) is 14.5. The van der Waals surface area contributed by atoms with Gasteiger partial charge >= 0.3 is 0 Å². The lowest BCUT2D eigenvalue weighted by molar-refractivity contribution is 0.0958. The van der Waals surface area contributed by atoms with Crippen LogP contribution in [0.1, 0.15) is 21.5 Å². The number of nitrogens with one attached hydrogen (secondary N) is 2. The maximum atomic E-state index is 12.5. The normalized spacial score (nSPS) is 10.9. The fourth-order valence-corrected chi connectivity index (χ4v) is 3.55. The van der Waals surface area contributed by atoms with Crippen LogP contribution in [-0.4, -0.2) is 20.9 Å². The summed E-state index contributed by atoms with van der Waals surface area (Å²) in [4.78, 5) is 12.1. The molecule has 2 aromatic rings. The quantitative estimate of drug-likeness (QED) is 0.791. The number of hydrogen-bond acceptors (Lipinski definition) is 3. The van der Waals surface area contributed by atoms with Crippen LogP contribution < -0.4 is 10.0 Å². The first kappa shape index (κ1) is 17.7. The molecule has 0 bridgehead atoms. The minimum atomic E-state index is -3.68. The monoisotopic (exact) mass is 344 g/mol. The molecule has 0 saturated heterocycles. The van der Waals surface area contributed by atoms with Crippen LogP contribution in [-0.2, 0) is 10.0 Å². The summed E-state index contributed by atoms with van der Waals surface area (Å²) in [5.41, 5.74) is 2.39. The van der Waals surface area contributed by atoms with E-state index in [0.29, 0.717) is 23.4 Å². The van der Waals surface area contributed by atoms with E-state index in [1.807, 2.05) is 13.0 Å². The first-order valence-electron chi connectivity index (χ1n) is 7.43. The number of aryl methyl sites for hydroxylation is 2. The highest BCUT2D eigenvalue weighted by Gasteiger charge is 2.17. The maximum Gasteiger partial charge on any atom is 0.262 e. The molecule has 0 aliphatic heterocycles. The largest absolute Gasteiger partial charge is 0.349 e. The van der Waals surface area contributed by atoms with Gasteiger partial charge in [0.25, 0.3) is 15.9 Å². The van der Waals surface area contributed by atoms with Gasteiger partial charge in [-0.15, -0.1) is 6.58 Å². The number of carbonyl (C=O) groups excluding carboxylic acids is 1. The van der Waals surface area contributed by atoms with Gasteiger partial charge in [-0.2, -0.15) is 0 Å². The number of hydrogen-bond donors (Lipinski definition) is 2. The van der Waals surface area contributed by atoms with Gasteiger partial charge < -0.3 is 5.32 Å². The van der Waals surface area contributed by atoms with Gasteiger partial charge in [0.05, 0.1) is 4.90 Å². The molecule has 24 heavy (non-hydrogen) atoms. The molecule has 2 aromatic carbocycles. The van der Waals surface area contributed by atoms with Crippen molar-refractivity contribution in [1.82, 2.24) is 5.32 Å². The van der Waals surface area contributed by atoms with E-state index in [9.17, 15) is 13.2 Å². The molecule has 2 N–H and O–H groups in total. The second kappa shape index (κ2) is 7.31. The van der Waals surface area contributed by atoms with Crippen molar-refractivity contribution in [2.45, 2.75) is 18.7 Å². The molecule has 0 aromatic heterocycles. The predicted molar refractivity (Wildman–Crippen MR) is 95.7 cm³/mol. The van der Waals surface area contributed by atoms with Gasteiger partial charge in [-0.25, -0.2) is 8.42 Å². The number of anilines is 1. The van der Waals surface area contributed by atoms with Crippen LogP contribution in [0.3, 0.4) is 0 Å². The predicted octanol–water partition coefficient (Wildman–Crippen LogP) is 3.02. The van der Waals surface area contributed by atoms with E-state index in [0.717, 1.165) is 5.56 Å². The second-order valence-electron chi connectivity index (χ2n) is 5.45. The SMILES string of the molecule is C=CCNC(=O)c1ccc(NS(=O)(=O)c2cc(C)ccc2C)cc1. The molecule has 0 aliphatic carbocycles. The lowest BCUT2D eigenvalue weighted by Gasteiger charge is -2.11. The fourth-order valence-electron chi connectivity index (χ4n) is 2.16. The lowest BCUT2D eigenvalue weighted by atomic mass is 10.2. The number of amides is 1. The van der Waals surface area contributed by atoms with Gasteiger partial charge in [0.15, 0.2) is 0 Å². The molecule has 0 unspecified atom stereocenters. The highest BCUT2D eigenvalue weighted by molar-refractivity contribution is 7.92. The van der Waals surface area contributed by atoms with Crippen molar-refractivity contribution in [3.63, 3.8) is 0 Å². The van der Waals surface area contributed by atoms with Gasteiger partial charge in [-0.3, -0.25) is 9.52 Å². The van der Waals surface area contributed by atoms with Crippen LogP contribution in [0.25, 0.3) is 0 Å². The summed E-state index contributed by atoms with van der Waals surface area (Å²) in [6, 6.07) is 11.5. The summed E-state index contributed by atoms with van der Waals surface area (Å²) in [7, 11) is -3.68. The first-order valence-corrected chi connectivity index (χ1v) is 8.91. The van der Waals surface area contributed by atoms with E-state index in [-0.39, 0.29) is 10.8 Å². The van der Waals surface area contributed by atoms with Crippen LogP contribution in [0.4, 0.5) is 5.69 Å². The van der Waals surface area contributed by atoms with E-state index >= 15 is 0 Å². The van der Waals surface area contributed by atoms with Gasteiger partial charge in [-0.05, 0) is 55.3 Å². The summed E-state index contributed by atoms with van der Waals surface area (Å²) < 4.78 is 27.6. The zero-order valence-electron chi connectivity index (χ0n) is 13.7. The summed E-state index contributed by atoms with van der Waals surface area (Å²) in [5.74, 6) is -0.237. The van der Waals surface area contributed by atoms with Gasteiger partial charge in [0, 0.05) is 17.8 Å². The summed E-state index contributed by atoms with van der Waals surface area (Å²) in [6.07, 6.45) is 1.59. The minimum absolute atomic E-state index is 0.237. The highest BCUT2D eigenvalue weighted by Crippen LogP contribution is 2.21. The van der Waals surface area contributed by atoms with Crippen molar-refractivity contribution in [3.05, 3.63) is 71.8 Å². The third kappa shape index (κ3) is 4.23. The molecule has 6 heteroatoms. The van der Waals surface area contributed by atoms with Gasteiger partial charge in [0.2, 0.25) is 0 Å². The minimum Gasteiger partial charge on any atom is -0.349 e. The molecule has 0 spiro atoms. The Labute approximate surface area is 142 Å². The molecular formula is C18H20N2O3S. The summed E-state index contributed by atoms with van der Waals surface area (Å²) in [6.45, 7) is 7.50. The van der Waals surface area contributed by atoms with Crippen LogP contribution in [0.5, 0.6) is 0 Å². The molecule has 0 saturated carbocycles. The Morgan fingerprint density at radius 2 is 1.79 bits per heavy atom. The third-order valence-electron chi connectivity index (χ3n) is 3.44. The average Bonchev–Trinajstić information content (AvgIpc) is 2.55. The van der Waals surface area contributed by atoms with Crippen molar-refractivity contribution in [2.75, 3.05) is 11.3 Å².